The Morgan fingerprint density at radius 3 is 2.00 bits per heavy atom. The molecule has 0 heterocycles. The van der Waals surface area contributed by atoms with Crippen LogP contribution in [0.5, 0.6) is 0 Å². The summed E-state index contributed by atoms with van der Waals surface area (Å²) in [4.78, 5) is 10.8. The second kappa shape index (κ2) is 3.32. The molecule has 0 spiro atoms. The zero-order valence-electron chi connectivity index (χ0n) is 6.20. The first kappa shape index (κ1) is 8.67. The zero-order chi connectivity index (χ0) is 9.14. The largest absolute Gasteiger partial charge is 0.561 e. The quantitative estimate of drug-likeness (QED) is 0.524. The molecule has 0 unspecified atom stereocenters. The number of hydrogen-bond acceptors (Lipinski definition) is 2. The molecule has 12 heavy (non-hydrogen) atoms. The molecule has 0 aromatic heterocycles. The minimum absolute atomic E-state index is 0.291. The predicted octanol–water partition coefficient (Wildman–Crippen LogP) is 0.186. The van der Waals surface area contributed by atoms with Crippen molar-refractivity contribution in [3.8, 4) is 0 Å². The minimum atomic E-state index is -0.704. The maximum atomic E-state index is 10.5. The molecule has 4 N–H and O–H groups in total. The monoisotopic (exact) mass is 182 g/mol. The maximum Gasteiger partial charge on any atom is 0.549 e. The predicted molar refractivity (Wildman–Crippen MR) is 50.3 cm³/mol. The Bertz CT molecular complexity index is 285. The van der Waals surface area contributed by atoms with Crippen molar-refractivity contribution in [2.75, 3.05) is 0 Å². The Balaban J connectivity index is 3.01. The summed E-state index contributed by atoms with van der Waals surface area (Å²) in [5, 5.41) is 6.79. The molecule has 1 aromatic rings. The number of carbonyl (C=O) groups is 1. The van der Waals surface area contributed by atoms with Crippen LogP contribution in [-0.2, 0) is 0 Å². The third-order valence-electron chi connectivity index (χ3n) is 1.43. The molecule has 0 aliphatic rings. The van der Waals surface area contributed by atoms with Crippen LogP contribution < -0.4 is 5.73 Å². The first-order valence-corrected chi connectivity index (χ1v) is 3.68. The van der Waals surface area contributed by atoms with E-state index in [1.165, 1.54) is 12.1 Å². The second-order valence-electron chi connectivity index (χ2n) is 2.27. The highest BCUT2D eigenvalue weighted by Crippen LogP contribution is 2.03. The van der Waals surface area contributed by atoms with Crippen LogP contribution in [0.25, 0.3) is 0 Å². The molecule has 0 saturated carbocycles. The van der Waals surface area contributed by atoms with E-state index in [9.17, 15) is 4.79 Å². The lowest BCUT2D eigenvalue weighted by Gasteiger charge is -1.95. The summed E-state index contributed by atoms with van der Waals surface area (Å²) in [6, 6.07) is 6.32. The van der Waals surface area contributed by atoms with Crippen LogP contribution in [0, 0.1) is 0 Å². The van der Waals surface area contributed by atoms with Gasteiger partial charge in [-0.3, -0.25) is 0 Å². The van der Waals surface area contributed by atoms with E-state index in [0.29, 0.717) is 16.1 Å². The Morgan fingerprint density at radius 2 is 1.67 bits per heavy atom. The van der Waals surface area contributed by atoms with Gasteiger partial charge in [0.1, 0.15) is 10.6 Å². The first-order valence-electron chi connectivity index (χ1n) is 3.27. The number of hydrogen-bond donors (Lipinski definition) is 1. The molecule has 62 valence electrons. The van der Waals surface area contributed by atoms with E-state index in [-0.39, 0.29) is 0 Å². The molecule has 0 radical (unpaired) electrons. The van der Waals surface area contributed by atoms with Crippen LogP contribution in [0.3, 0.4) is 0 Å². The fourth-order valence-electron chi connectivity index (χ4n) is 0.786. The van der Waals surface area contributed by atoms with Crippen LogP contribution in [0.4, 0.5) is 0 Å². The first-order chi connectivity index (χ1) is 5.61. The van der Waals surface area contributed by atoms with E-state index in [0.717, 1.165) is 0 Å². The molecule has 0 aliphatic heterocycles. The average molecular weight is 182 g/mol. The number of nitrogens with two attached hydrogens (primary N) is 1. The highest BCUT2D eigenvalue weighted by atomic mass is 32.1. The molecular formula is C8H8NO2S+. The minimum Gasteiger partial charge on any atom is -0.561 e. The number of carbonyl (C=O) groups excluding carboxylic acids is 1. The Morgan fingerprint density at radius 1 is 1.25 bits per heavy atom. The van der Waals surface area contributed by atoms with Crippen LogP contribution in [-0.4, -0.2) is 16.1 Å². The van der Waals surface area contributed by atoms with Crippen molar-refractivity contribution in [2.45, 2.75) is 0 Å². The lowest BCUT2D eigenvalue weighted by Crippen LogP contribution is -2.09. The number of benzene rings is 1. The molecule has 3 nitrogen and oxygen atoms in total. The molecule has 0 amide bonds. The van der Waals surface area contributed by atoms with Crippen molar-refractivity contribution in [3.05, 3.63) is 35.4 Å². The molecule has 4 heteroatoms. The van der Waals surface area contributed by atoms with Crippen LogP contribution in [0.15, 0.2) is 24.3 Å². The van der Waals surface area contributed by atoms with Crippen molar-refractivity contribution < 1.29 is 9.90 Å². The Kier molecular flexibility index (Phi) is 2.40. The van der Waals surface area contributed by atoms with E-state index in [1.54, 1.807) is 12.1 Å². The van der Waals surface area contributed by atoms with Crippen molar-refractivity contribution in [1.82, 2.24) is 0 Å². The highest BCUT2D eigenvalue weighted by molar-refractivity contribution is 7.80. The molecule has 0 fully saturated rings. The van der Waals surface area contributed by atoms with Crippen LogP contribution in [0.1, 0.15) is 15.9 Å². The third-order valence-corrected chi connectivity index (χ3v) is 1.67. The highest BCUT2D eigenvalue weighted by Gasteiger charge is 2.09. The van der Waals surface area contributed by atoms with Crippen molar-refractivity contribution in [1.29, 1.82) is 0 Å². The van der Waals surface area contributed by atoms with Gasteiger partial charge in [0.25, 0.3) is 0 Å². The van der Waals surface area contributed by atoms with Gasteiger partial charge < -0.3 is 10.8 Å². The molecule has 0 bridgehead atoms. The van der Waals surface area contributed by atoms with Gasteiger partial charge >= 0.3 is 5.97 Å². The van der Waals surface area contributed by atoms with Crippen molar-refractivity contribution >= 4 is 23.2 Å². The molecular weight excluding hydrogens is 174 g/mol. The van der Waals surface area contributed by atoms with E-state index in [2.05, 4.69) is 0 Å². The summed E-state index contributed by atoms with van der Waals surface area (Å²) in [7, 11) is 0. The van der Waals surface area contributed by atoms with Gasteiger partial charge in [0.05, 0.1) is 0 Å². The topological polar surface area (TPSA) is 66.0 Å². The molecule has 0 atom stereocenters. The van der Waals surface area contributed by atoms with Gasteiger partial charge in [-0.25, -0.2) is 0 Å². The van der Waals surface area contributed by atoms with Gasteiger partial charge in [0, 0.05) is 10.4 Å². The normalized spacial score (nSPS) is 9.33. The van der Waals surface area contributed by atoms with E-state index in [4.69, 9.17) is 23.1 Å². The van der Waals surface area contributed by atoms with Gasteiger partial charge in [-0.05, 0) is 12.1 Å². The average Bonchev–Trinajstić information content (AvgIpc) is 2.04. The summed E-state index contributed by atoms with van der Waals surface area (Å²) >= 11 is 4.72. The number of rotatable bonds is 2. The standard InChI is InChI=1S/C8H7NO2S/c9-7(12)5-1-3-6(4-2-5)8(10)11/h1-4H,(H2,9,12)(H,10,11)/p+1. The van der Waals surface area contributed by atoms with Crippen LogP contribution in [0.2, 0.25) is 0 Å². The van der Waals surface area contributed by atoms with E-state index >= 15 is 0 Å². The van der Waals surface area contributed by atoms with E-state index in [1.807, 2.05) is 0 Å². The van der Waals surface area contributed by atoms with Crippen molar-refractivity contribution in [2.24, 2.45) is 5.73 Å². The molecule has 1 rings (SSSR count). The van der Waals surface area contributed by atoms with Gasteiger partial charge in [-0.1, -0.05) is 24.4 Å². The fraction of sp³-hybridized carbons (Fsp3) is 0. The molecule has 1 aromatic carbocycles. The van der Waals surface area contributed by atoms with Crippen LogP contribution >= 0.6 is 12.2 Å². The number of thiocarbonyl (C=S) groups is 1. The second-order valence-corrected chi connectivity index (χ2v) is 2.71. The maximum absolute atomic E-state index is 10.5. The van der Waals surface area contributed by atoms with Gasteiger partial charge in [-0.2, -0.15) is 0 Å². The van der Waals surface area contributed by atoms with Gasteiger partial charge in [-0.15, -0.1) is 0 Å². The van der Waals surface area contributed by atoms with Gasteiger partial charge in [0.15, 0.2) is 0 Å². The van der Waals surface area contributed by atoms with E-state index < -0.39 is 5.97 Å². The Hall–Kier alpha value is -1.42. The summed E-state index contributed by atoms with van der Waals surface area (Å²) < 4.78 is 0. The summed E-state index contributed by atoms with van der Waals surface area (Å²) in [6.07, 6.45) is 0. The lowest BCUT2D eigenvalue weighted by molar-refractivity contribution is 0.0697. The molecule has 0 aliphatic carbocycles. The summed E-state index contributed by atoms with van der Waals surface area (Å²) in [6.45, 7) is 0. The fourth-order valence-corrected chi connectivity index (χ4v) is 0.922. The smallest absolute Gasteiger partial charge is 0.549 e. The van der Waals surface area contributed by atoms with Gasteiger partial charge in [0.2, 0.25) is 0 Å². The molecule has 0 saturated heterocycles. The summed E-state index contributed by atoms with van der Waals surface area (Å²) in [5.74, 6) is -0.704. The summed E-state index contributed by atoms with van der Waals surface area (Å²) in [5.41, 5.74) is 6.39. The zero-order valence-corrected chi connectivity index (χ0v) is 7.02. The third kappa shape index (κ3) is 1.79. The Labute approximate surface area is 74.8 Å². The van der Waals surface area contributed by atoms with Crippen molar-refractivity contribution in [3.63, 3.8) is 0 Å². The lowest BCUT2D eigenvalue weighted by atomic mass is 10.1. The SMILES string of the molecule is NC(=S)c1ccc(C(=O)[OH2+])cc1.